The maximum atomic E-state index is 12.7. The molecule has 1 amide bonds. The van der Waals surface area contributed by atoms with E-state index in [1.165, 1.54) is 0 Å². The van der Waals surface area contributed by atoms with Crippen LogP contribution in [0.2, 0.25) is 0 Å². The highest BCUT2D eigenvalue weighted by Crippen LogP contribution is 2.35. The first-order chi connectivity index (χ1) is 17.6. The number of amides is 1. The number of carbonyl (C=O) groups is 1. The molecule has 192 valence electrons. The molecule has 10 heteroatoms. The van der Waals surface area contributed by atoms with Gasteiger partial charge in [-0.05, 0) is 57.7 Å². The Morgan fingerprint density at radius 3 is 2.86 bits per heavy atom. The fourth-order valence-corrected chi connectivity index (χ4v) is 4.59. The largest absolute Gasteiger partial charge is 0.444 e. The summed E-state index contributed by atoms with van der Waals surface area (Å²) in [6, 6.07) is 5.66. The van der Waals surface area contributed by atoms with Crippen LogP contribution in [0.4, 0.5) is 10.6 Å². The van der Waals surface area contributed by atoms with Crippen molar-refractivity contribution < 1.29 is 14.6 Å². The normalized spacial score (nSPS) is 16.7. The molecule has 1 aliphatic rings. The highest BCUT2D eigenvalue weighted by Gasteiger charge is 2.33. The van der Waals surface area contributed by atoms with Crippen LogP contribution in [0.3, 0.4) is 0 Å². The first-order valence-corrected chi connectivity index (χ1v) is 12.4. The molecule has 10 nitrogen and oxygen atoms in total. The fourth-order valence-electron chi connectivity index (χ4n) is 4.59. The molecule has 1 fully saturated rings. The van der Waals surface area contributed by atoms with Crippen molar-refractivity contribution in [1.82, 2.24) is 29.3 Å². The lowest BCUT2D eigenvalue weighted by molar-refractivity contribution is 0.0288. The average Bonchev–Trinajstić information content (AvgIpc) is 3.59. The summed E-state index contributed by atoms with van der Waals surface area (Å²) in [4.78, 5) is 18.7. The first kappa shape index (κ1) is 24.6. The number of ether oxygens (including phenoxy) is 1. The molecule has 1 saturated heterocycles. The number of rotatable bonds is 3. The molecule has 4 aromatic rings. The minimum Gasteiger partial charge on any atom is -0.444 e. The number of nitrogen functional groups attached to an aromatic ring is 1. The van der Waals surface area contributed by atoms with Crippen LogP contribution in [0.1, 0.15) is 69.5 Å². The standard InChI is InChI=1S/C27H31N7O3/c1-5-22(35)20-14-29-25(28)23-21(9-7-17-6-8-18-10-12-30-33(18)15-17)31-34(24(20)23)19-11-13-32(16-19)26(36)37-27(2,3)4/h6,8,10,12,14-15,19,22,35H,5,11,13,16H2,1-4H3,(H2,28,29)/t19-,22?/m0/s1. The molecule has 0 bridgehead atoms. The van der Waals surface area contributed by atoms with Gasteiger partial charge in [-0.1, -0.05) is 12.8 Å². The van der Waals surface area contributed by atoms with Crippen molar-refractivity contribution in [2.45, 2.75) is 58.3 Å². The lowest BCUT2D eigenvalue weighted by Crippen LogP contribution is -2.35. The topological polar surface area (TPSA) is 124 Å². The molecule has 37 heavy (non-hydrogen) atoms. The molecule has 0 saturated carbocycles. The van der Waals surface area contributed by atoms with Crippen LogP contribution >= 0.6 is 0 Å². The summed E-state index contributed by atoms with van der Waals surface area (Å²) in [7, 11) is 0. The van der Waals surface area contributed by atoms with E-state index in [1.54, 1.807) is 21.8 Å². The van der Waals surface area contributed by atoms with Gasteiger partial charge in [0.2, 0.25) is 0 Å². The van der Waals surface area contributed by atoms with Crippen LogP contribution in [0.5, 0.6) is 0 Å². The number of carbonyl (C=O) groups excluding carboxylic acids is 1. The monoisotopic (exact) mass is 501 g/mol. The van der Waals surface area contributed by atoms with E-state index in [0.29, 0.717) is 53.9 Å². The van der Waals surface area contributed by atoms with Gasteiger partial charge in [0.1, 0.15) is 17.1 Å². The number of aromatic nitrogens is 5. The van der Waals surface area contributed by atoms with E-state index in [0.717, 1.165) is 11.1 Å². The summed E-state index contributed by atoms with van der Waals surface area (Å²) in [5, 5.41) is 20.5. The van der Waals surface area contributed by atoms with Gasteiger partial charge in [-0.3, -0.25) is 4.68 Å². The smallest absolute Gasteiger partial charge is 0.410 e. The lowest BCUT2D eigenvalue weighted by atomic mass is 10.0. The van der Waals surface area contributed by atoms with Crippen LogP contribution in [-0.4, -0.2) is 59.2 Å². The lowest BCUT2D eigenvalue weighted by Gasteiger charge is -2.24. The Bertz CT molecular complexity index is 1540. The Kier molecular flexibility index (Phi) is 6.25. The quantitative estimate of drug-likeness (QED) is 0.410. The highest BCUT2D eigenvalue weighted by atomic mass is 16.6. The summed E-state index contributed by atoms with van der Waals surface area (Å²) in [5.41, 5.74) is 9.32. The molecule has 2 atom stereocenters. The van der Waals surface area contributed by atoms with Gasteiger partial charge in [-0.25, -0.2) is 14.3 Å². The number of hydrogen-bond acceptors (Lipinski definition) is 7. The van der Waals surface area contributed by atoms with Crippen molar-refractivity contribution >= 4 is 28.3 Å². The van der Waals surface area contributed by atoms with Gasteiger partial charge in [0.05, 0.1) is 28.6 Å². The van der Waals surface area contributed by atoms with Crippen molar-refractivity contribution in [1.29, 1.82) is 0 Å². The van der Waals surface area contributed by atoms with E-state index in [2.05, 4.69) is 21.9 Å². The first-order valence-electron chi connectivity index (χ1n) is 12.4. The van der Waals surface area contributed by atoms with Crippen LogP contribution in [0.15, 0.2) is 36.8 Å². The molecule has 5 heterocycles. The maximum Gasteiger partial charge on any atom is 0.410 e. The van der Waals surface area contributed by atoms with Gasteiger partial charge in [-0.2, -0.15) is 10.2 Å². The SMILES string of the molecule is CCC(O)c1cnc(N)c2c(C#Cc3ccc4ccnn4c3)nn([C@H]3CCN(C(=O)OC(C)(C)C)C3)c12. The Morgan fingerprint density at radius 1 is 1.30 bits per heavy atom. The van der Waals surface area contributed by atoms with E-state index in [-0.39, 0.29) is 12.1 Å². The zero-order chi connectivity index (χ0) is 26.3. The molecule has 5 rings (SSSR count). The third kappa shape index (κ3) is 4.82. The zero-order valence-electron chi connectivity index (χ0n) is 21.5. The number of nitrogens with zero attached hydrogens (tertiary/aromatic N) is 6. The predicted octanol–water partition coefficient (Wildman–Crippen LogP) is 3.69. The van der Waals surface area contributed by atoms with Crippen molar-refractivity contribution in [2.24, 2.45) is 0 Å². The van der Waals surface area contributed by atoms with Gasteiger partial charge in [0, 0.05) is 42.8 Å². The second-order valence-electron chi connectivity index (χ2n) is 10.3. The molecule has 1 unspecified atom stereocenters. The molecule has 4 aromatic heterocycles. The minimum absolute atomic E-state index is 0.129. The minimum atomic E-state index is -0.738. The summed E-state index contributed by atoms with van der Waals surface area (Å²) in [5.74, 6) is 6.62. The molecular formula is C27H31N7O3. The molecule has 0 aliphatic carbocycles. The van der Waals surface area contributed by atoms with Crippen molar-refractivity contribution in [3.05, 3.63) is 53.6 Å². The third-order valence-electron chi connectivity index (χ3n) is 6.41. The fraction of sp³-hybridized carbons (Fsp3) is 0.407. The van der Waals surface area contributed by atoms with E-state index >= 15 is 0 Å². The number of anilines is 1. The number of likely N-dealkylation sites (tertiary alicyclic amines) is 1. The van der Waals surface area contributed by atoms with Gasteiger partial charge in [-0.15, -0.1) is 0 Å². The number of fused-ring (bicyclic) bond motifs is 2. The predicted molar refractivity (Wildman–Crippen MR) is 140 cm³/mol. The Morgan fingerprint density at radius 2 is 2.11 bits per heavy atom. The highest BCUT2D eigenvalue weighted by molar-refractivity contribution is 5.95. The van der Waals surface area contributed by atoms with Crippen molar-refractivity contribution in [3.8, 4) is 11.8 Å². The van der Waals surface area contributed by atoms with Crippen LogP contribution in [-0.2, 0) is 4.74 Å². The molecule has 0 spiro atoms. The number of aliphatic hydroxyl groups is 1. The number of nitrogens with two attached hydrogens (primary N) is 1. The third-order valence-corrected chi connectivity index (χ3v) is 6.41. The Hall–Kier alpha value is -4.10. The zero-order valence-corrected chi connectivity index (χ0v) is 21.5. The van der Waals surface area contributed by atoms with Crippen LogP contribution in [0.25, 0.3) is 16.4 Å². The van der Waals surface area contributed by atoms with E-state index in [9.17, 15) is 9.90 Å². The van der Waals surface area contributed by atoms with Crippen molar-refractivity contribution in [3.63, 3.8) is 0 Å². The van der Waals surface area contributed by atoms with Gasteiger partial charge in [0.15, 0.2) is 0 Å². The second-order valence-corrected chi connectivity index (χ2v) is 10.3. The van der Waals surface area contributed by atoms with E-state index < -0.39 is 11.7 Å². The number of hydrogen-bond donors (Lipinski definition) is 2. The maximum absolute atomic E-state index is 12.7. The van der Waals surface area contributed by atoms with Gasteiger partial charge < -0.3 is 20.5 Å². The summed E-state index contributed by atoms with van der Waals surface area (Å²) in [6.45, 7) is 8.42. The number of pyridine rings is 2. The molecule has 1 aliphatic heterocycles. The van der Waals surface area contributed by atoms with Crippen LogP contribution < -0.4 is 5.73 Å². The summed E-state index contributed by atoms with van der Waals surface area (Å²) >= 11 is 0. The Labute approximate surface area is 215 Å². The summed E-state index contributed by atoms with van der Waals surface area (Å²) in [6.07, 6.45) is 5.29. The summed E-state index contributed by atoms with van der Waals surface area (Å²) < 4.78 is 9.18. The van der Waals surface area contributed by atoms with E-state index in [1.807, 2.05) is 56.8 Å². The second kappa shape index (κ2) is 9.41. The molecule has 3 N–H and O–H groups in total. The van der Waals surface area contributed by atoms with Gasteiger partial charge in [0.25, 0.3) is 0 Å². The molecular weight excluding hydrogens is 470 g/mol. The van der Waals surface area contributed by atoms with Crippen LogP contribution in [0, 0.1) is 11.8 Å². The number of aliphatic hydroxyl groups excluding tert-OH is 1. The van der Waals surface area contributed by atoms with Gasteiger partial charge >= 0.3 is 6.09 Å². The average molecular weight is 502 g/mol. The van der Waals surface area contributed by atoms with E-state index in [4.69, 9.17) is 15.6 Å². The van der Waals surface area contributed by atoms with Crippen molar-refractivity contribution in [2.75, 3.05) is 18.8 Å². The Balaban J connectivity index is 1.57. The molecule has 0 aromatic carbocycles. The molecule has 0 radical (unpaired) electrons.